The van der Waals surface area contributed by atoms with Crippen LogP contribution in [0.15, 0.2) is 60.8 Å². The highest BCUT2D eigenvalue weighted by Crippen LogP contribution is 2.16. The molecule has 2 unspecified atom stereocenters. The molecule has 0 fully saturated rings. The van der Waals surface area contributed by atoms with Crippen molar-refractivity contribution in [1.82, 2.24) is 0 Å². The number of allylic oxidation sites excluding steroid dienone is 10. The van der Waals surface area contributed by atoms with Crippen LogP contribution in [0.25, 0.3) is 0 Å². The number of carboxylic acid groups (broad SMARTS) is 1. The lowest BCUT2D eigenvalue weighted by Gasteiger charge is -2.31. The van der Waals surface area contributed by atoms with E-state index in [1.54, 1.807) is 0 Å². The number of ether oxygens (including phenoxy) is 3. The molecular weight excluding hydrogens is 787 g/mol. The molecule has 0 amide bonds. The topological polar surface area (TPSA) is 99.1 Å². The van der Waals surface area contributed by atoms with Crippen molar-refractivity contribution in [2.24, 2.45) is 0 Å². The summed E-state index contributed by atoms with van der Waals surface area (Å²) >= 11 is 0. The number of nitrogens with zero attached hydrogens (tertiary/aromatic N) is 1. The lowest BCUT2D eigenvalue weighted by molar-refractivity contribution is -0.887. The average Bonchev–Trinajstić information content (AvgIpc) is 3.24. The Morgan fingerprint density at radius 1 is 0.476 bits per heavy atom. The van der Waals surface area contributed by atoms with E-state index >= 15 is 0 Å². The van der Waals surface area contributed by atoms with Crippen LogP contribution in [0, 0.1) is 0 Å². The molecule has 0 aromatic heterocycles. The summed E-state index contributed by atoms with van der Waals surface area (Å²) < 4.78 is 17.3. The maximum absolute atomic E-state index is 12.8. The highest BCUT2D eigenvalue weighted by molar-refractivity contribution is 5.72. The van der Waals surface area contributed by atoms with Gasteiger partial charge in [-0.15, -0.1) is 0 Å². The van der Waals surface area contributed by atoms with Gasteiger partial charge in [0.15, 0.2) is 12.1 Å². The number of carbonyl (C=O) groups excluding carboxylic acids is 2. The van der Waals surface area contributed by atoms with Crippen LogP contribution in [-0.2, 0) is 28.6 Å². The summed E-state index contributed by atoms with van der Waals surface area (Å²) in [6, 6.07) is -0.620. The second-order valence-electron chi connectivity index (χ2n) is 18.6. The summed E-state index contributed by atoms with van der Waals surface area (Å²) in [5, 5.41) is 9.65. The molecule has 1 N–H and O–H groups in total. The zero-order valence-corrected chi connectivity index (χ0v) is 41.5. The van der Waals surface area contributed by atoms with E-state index in [1.807, 2.05) is 57.6 Å². The Morgan fingerprint density at radius 2 is 0.873 bits per heavy atom. The van der Waals surface area contributed by atoms with E-state index < -0.39 is 18.1 Å². The van der Waals surface area contributed by atoms with Crippen molar-refractivity contribution in [1.29, 1.82) is 0 Å². The quantitative estimate of drug-likeness (QED) is 0.0281. The number of quaternary nitrogens is 1. The predicted octanol–water partition coefficient (Wildman–Crippen LogP) is 14.9. The molecule has 0 aliphatic rings. The Morgan fingerprint density at radius 3 is 1.30 bits per heavy atom. The van der Waals surface area contributed by atoms with E-state index in [1.165, 1.54) is 122 Å². The van der Waals surface area contributed by atoms with Crippen LogP contribution in [0.2, 0.25) is 0 Å². The normalized spacial score (nSPS) is 13.3. The standard InChI is InChI=1S/C55H97NO7/c1-6-8-10-12-14-16-18-20-22-24-26-27-28-30-32-34-36-38-40-42-44-46-54(58)63-51(49-61-48-47-52(55(59)60)56(3,4)5)50-62-53(57)45-43-41-39-37-35-33-31-29-25-23-21-19-17-15-13-11-9-7-2/h11,13,15,17,19,21,23,25,29,31,51-52H,6-10,12,14,16,18,20,22,24,26-28,30,32-50H2,1-5H3/p+1/b13-11+,17-15+,21-19+,25-23+,31-29+. The van der Waals surface area contributed by atoms with Gasteiger partial charge in [-0.2, -0.15) is 0 Å². The second kappa shape index (κ2) is 45.6. The van der Waals surface area contributed by atoms with Crippen LogP contribution in [0.3, 0.4) is 0 Å². The minimum Gasteiger partial charge on any atom is -0.477 e. The van der Waals surface area contributed by atoms with Crippen molar-refractivity contribution in [2.75, 3.05) is 41.0 Å². The molecule has 0 aromatic carbocycles. The number of rotatable bonds is 46. The average molecular weight is 885 g/mol. The summed E-state index contributed by atoms with van der Waals surface area (Å²) in [6.45, 7) is 4.65. The van der Waals surface area contributed by atoms with Gasteiger partial charge in [0.1, 0.15) is 6.61 Å². The summed E-state index contributed by atoms with van der Waals surface area (Å²) in [4.78, 5) is 37.2. The van der Waals surface area contributed by atoms with Crippen molar-refractivity contribution in [3.8, 4) is 0 Å². The van der Waals surface area contributed by atoms with Crippen molar-refractivity contribution in [2.45, 2.75) is 231 Å². The van der Waals surface area contributed by atoms with Gasteiger partial charge < -0.3 is 23.8 Å². The molecule has 8 heteroatoms. The second-order valence-corrected chi connectivity index (χ2v) is 18.6. The van der Waals surface area contributed by atoms with E-state index in [0.29, 0.717) is 19.3 Å². The van der Waals surface area contributed by atoms with E-state index in [-0.39, 0.29) is 36.2 Å². The molecule has 0 rings (SSSR count). The first-order valence-electron chi connectivity index (χ1n) is 25.9. The summed E-state index contributed by atoms with van der Waals surface area (Å²) in [5.41, 5.74) is 0. The van der Waals surface area contributed by atoms with Gasteiger partial charge >= 0.3 is 17.9 Å². The molecule has 364 valence electrons. The molecule has 0 radical (unpaired) electrons. The minimum absolute atomic E-state index is 0.0527. The first kappa shape index (κ1) is 60.0. The van der Waals surface area contributed by atoms with Crippen molar-refractivity contribution >= 4 is 17.9 Å². The van der Waals surface area contributed by atoms with Crippen LogP contribution in [-0.4, -0.2) is 80.6 Å². The predicted molar refractivity (Wildman–Crippen MR) is 266 cm³/mol. The number of aliphatic carboxylic acids is 1. The van der Waals surface area contributed by atoms with E-state index in [0.717, 1.165) is 64.2 Å². The third-order valence-corrected chi connectivity index (χ3v) is 11.5. The minimum atomic E-state index is -0.878. The summed E-state index contributed by atoms with van der Waals surface area (Å²) in [7, 11) is 5.53. The number of likely N-dealkylation sites (N-methyl/N-ethyl adjacent to an activating group) is 1. The molecule has 0 bridgehead atoms. The first-order chi connectivity index (χ1) is 30.6. The SMILES string of the molecule is CCC/C=C/C=C/C=C/C=C/C=C/CCCCCCCC(=O)OCC(COCCC(C(=O)O)[N+](C)(C)C)OC(=O)CCCCCCCCCCCCCCCCCCCCCCC. The Bertz CT molecular complexity index is 1210. The van der Waals surface area contributed by atoms with Crippen LogP contribution in [0.1, 0.15) is 219 Å². The van der Waals surface area contributed by atoms with Gasteiger partial charge in [0.25, 0.3) is 0 Å². The number of hydrogen-bond donors (Lipinski definition) is 1. The van der Waals surface area contributed by atoms with Gasteiger partial charge in [0.2, 0.25) is 0 Å². The van der Waals surface area contributed by atoms with E-state index in [2.05, 4.69) is 38.2 Å². The highest BCUT2D eigenvalue weighted by Gasteiger charge is 2.31. The van der Waals surface area contributed by atoms with Gasteiger partial charge in [-0.25, -0.2) is 4.79 Å². The number of carboxylic acids is 1. The lowest BCUT2D eigenvalue weighted by Crippen LogP contribution is -2.50. The smallest absolute Gasteiger partial charge is 0.362 e. The Hall–Kier alpha value is -2.97. The zero-order chi connectivity index (χ0) is 46.3. The van der Waals surface area contributed by atoms with Crippen molar-refractivity contribution < 1.29 is 38.2 Å². The van der Waals surface area contributed by atoms with E-state index in [9.17, 15) is 19.5 Å². The first-order valence-corrected chi connectivity index (χ1v) is 25.9. The van der Waals surface area contributed by atoms with Gasteiger partial charge in [0, 0.05) is 19.3 Å². The van der Waals surface area contributed by atoms with E-state index in [4.69, 9.17) is 14.2 Å². The van der Waals surface area contributed by atoms with Gasteiger partial charge in [-0.05, 0) is 32.1 Å². The molecule has 0 aliphatic heterocycles. The fraction of sp³-hybridized carbons (Fsp3) is 0.764. The monoisotopic (exact) mass is 885 g/mol. The lowest BCUT2D eigenvalue weighted by atomic mass is 10.0. The zero-order valence-electron chi connectivity index (χ0n) is 41.5. The molecular formula is C55H98NO7+. The third kappa shape index (κ3) is 44.0. The van der Waals surface area contributed by atoms with Crippen LogP contribution < -0.4 is 0 Å². The number of carbonyl (C=O) groups is 3. The molecule has 0 saturated heterocycles. The third-order valence-electron chi connectivity index (χ3n) is 11.5. The highest BCUT2D eigenvalue weighted by atomic mass is 16.6. The number of unbranched alkanes of at least 4 members (excludes halogenated alkanes) is 26. The molecule has 0 saturated carbocycles. The van der Waals surface area contributed by atoms with Crippen molar-refractivity contribution in [3.05, 3.63) is 60.8 Å². The molecule has 2 atom stereocenters. The molecule has 0 aliphatic carbocycles. The molecule has 0 heterocycles. The molecule has 63 heavy (non-hydrogen) atoms. The maximum atomic E-state index is 12.8. The number of esters is 2. The fourth-order valence-electron chi connectivity index (χ4n) is 7.54. The van der Waals surface area contributed by atoms with Crippen LogP contribution in [0.4, 0.5) is 0 Å². The van der Waals surface area contributed by atoms with Crippen LogP contribution >= 0.6 is 0 Å². The molecule has 0 aromatic rings. The largest absolute Gasteiger partial charge is 0.477 e. The Kier molecular flexibility index (Phi) is 43.4. The molecule has 8 nitrogen and oxygen atoms in total. The fourth-order valence-corrected chi connectivity index (χ4v) is 7.54. The van der Waals surface area contributed by atoms with Crippen molar-refractivity contribution in [3.63, 3.8) is 0 Å². The number of hydrogen-bond acceptors (Lipinski definition) is 6. The van der Waals surface area contributed by atoms with Gasteiger partial charge in [-0.3, -0.25) is 9.59 Å². The summed E-state index contributed by atoms with van der Waals surface area (Å²) in [6.07, 6.45) is 56.9. The molecule has 0 spiro atoms. The van der Waals surface area contributed by atoms with Gasteiger partial charge in [-0.1, -0.05) is 229 Å². The Labute approximate surface area is 388 Å². The van der Waals surface area contributed by atoms with Crippen LogP contribution in [0.5, 0.6) is 0 Å². The Balaban J connectivity index is 4.27. The van der Waals surface area contributed by atoms with Gasteiger partial charge in [0.05, 0.1) is 34.4 Å². The maximum Gasteiger partial charge on any atom is 0.362 e. The summed E-state index contributed by atoms with van der Waals surface area (Å²) in [5.74, 6) is -1.49.